The highest BCUT2D eigenvalue weighted by molar-refractivity contribution is 6.21. The summed E-state index contributed by atoms with van der Waals surface area (Å²) in [4.78, 5) is 6.93. The van der Waals surface area contributed by atoms with Gasteiger partial charge in [0, 0.05) is 104 Å². The fourth-order valence-corrected chi connectivity index (χ4v) is 15.8. The second kappa shape index (κ2) is 23.2. The van der Waals surface area contributed by atoms with Crippen LogP contribution < -0.4 is 14.7 Å². The van der Waals surface area contributed by atoms with Gasteiger partial charge in [-0.1, -0.05) is 212 Å². The van der Waals surface area contributed by atoms with Crippen LogP contribution in [-0.2, 0) is 0 Å². The third-order valence-corrected chi connectivity index (χ3v) is 20.8. The quantitative estimate of drug-likeness (QED) is 0.122. The molecular formula is C93H66N6. The molecule has 3 aromatic heterocycles. The molecule has 0 bridgehead atoms. The molecule has 0 aliphatic rings. The summed E-state index contributed by atoms with van der Waals surface area (Å²) in [6, 6.07) is 128. The van der Waals surface area contributed by atoms with Crippen LogP contribution in [0.1, 0.15) is 0 Å². The van der Waals surface area contributed by atoms with Gasteiger partial charge in [-0.2, -0.15) is 0 Å². The van der Waals surface area contributed by atoms with E-state index < -0.39 is 0 Å². The Hall–Kier alpha value is -12.9. The molecule has 468 valence electrons. The molecule has 6 nitrogen and oxygen atoms in total. The lowest BCUT2D eigenvalue weighted by molar-refractivity contribution is 1.17. The summed E-state index contributed by atoms with van der Waals surface area (Å²) in [6.07, 6.45) is 0. The van der Waals surface area contributed by atoms with E-state index in [0.29, 0.717) is 0 Å². The van der Waals surface area contributed by atoms with Crippen molar-refractivity contribution in [3.8, 4) is 50.4 Å². The molecule has 0 N–H and O–H groups in total. The van der Waals surface area contributed by atoms with Crippen molar-refractivity contribution in [2.24, 2.45) is 0 Å². The van der Waals surface area contributed by atoms with E-state index in [0.717, 1.165) is 84.2 Å². The Morgan fingerprint density at radius 1 is 0.202 bits per heavy atom. The summed E-state index contributed by atoms with van der Waals surface area (Å²) in [5, 5.41) is 14.4. The smallest absolute Gasteiger partial charge is 0.0568 e. The van der Waals surface area contributed by atoms with Crippen LogP contribution in [0.5, 0.6) is 0 Å². The zero-order valence-electron chi connectivity index (χ0n) is 55.1. The number of rotatable bonds is 12. The number of anilines is 6. The van der Waals surface area contributed by atoms with Crippen LogP contribution in [0.4, 0.5) is 34.1 Å². The number of benzene rings is 16. The van der Waals surface area contributed by atoms with Crippen molar-refractivity contribution in [2.75, 3.05) is 35.8 Å². The molecule has 0 radical (unpaired) electrons. The molecule has 0 aliphatic heterocycles. The van der Waals surface area contributed by atoms with Gasteiger partial charge in [0.15, 0.2) is 0 Å². The van der Waals surface area contributed by atoms with Crippen molar-refractivity contribution in [3.63, 3.8) is 0 Å². The normalized spacial score (nSPS) is 11.8. The Labute approximate surface area is 574 Å². The van der Waals surface area contributed by atoms with Crippen molar-refractivity contribution in [1.29, 1.82) is 0 Å². The Bertz CT molecular complexity index is 6400. The van der Waals surface area contributed by atoms with E-state index in [-0.39, 0.29) is 0 Å². The van der Waals surface area contributed by atoms with E-state index in [9.17, 15) is 0 Å². The Kier molecular flexibility index (Phi) is 13.5. The van der Waals surface area contributed by atoms with Crippen molar-refractivity contribution in [2.45, 2.75) is 0 Å². The van der Waals surface area contributed by atoms with Crippen LogP contribution in [0.15, 0.2) is 346 Å². The number of fused-ring (bicyclic) bond motifs is 12. The van der Waals surface area contributed by atoms with Crippen LogP contribution >= 0.6 is 0 Å². The van der Waals surface area contributed by atoms with Gasteiger partial charge < -0.3 is 28.4 Å². The van der Waals surface area contributed by atoms with Gasteiger partial charge >= 0.3 is 0 Å². The van der Waals surface area contributed by atoms with Gasteiger partial charge in [-0.25, -0.2) is 0 Å². The molecule has 19 rings (SSSR count). The van der Waals surface area contributed by atoms with Gasteiger partial charge in [-0.3, -0.25) is 0 Å². The van der Waals surface area contributed by atoms with Crippen LogP contribution in [-0.4, -0.2) is 34.8 Å². The van der Waals surface area contributed by atoms with Gasteiger partial charge in [0.25, 0.3) is 0 Å². The summed E-state index contributed by atoms with van der Waals surface area (Å²) >= 11 is 0. The Morgan fingerprint density at radius 2 is 0.636 bits per heavy atom. The van der Waals surface area contributed by atoms with E-state index in [1.54, 1.807) is 0 Å². The first-order valence-electron chi connectivity index (χ1n) is 34.1. The summed E-state index contributed by atoms with van der Waals surface area (Å²) in [5.74, 6) is 0. The molecule has 0 saturated heterocycles. The van der Waals surface area contributed by atoms with Crippen molar-refractivity contribution >= 4 is 132 Å². The third kappa shape index (κ3) is 9.47. The van der Waals surface area contributed by atoms with Gasteiger partial charge in [-0.05, 0) is 194 Å². The monoisotopic (exact) mass is 1270 g/mol. The Morgan fingerprint density at radius 3 is 1.29 bits per heavy atom. The average Bonchev–Trinajstić information content (AvgIpc) is 1.60. The van der Waals surface area contributed by atoms with Gasteiger partial charge in [0.05, 0.1) is 38.8 Å². The maximum Gasteiger partial charge on any atom is 0.0568 e. The zero-order chi connectivity index (χ0) is 65.8. The molecule has 16 aromatic carbocycles. The first-order chi connectivity index (χ1) is 48.8. The van der Waals surface area contributed by atoms with Crippen molar-refractivity contribution < 1.29 is 0 Å². The number of aromatic nitrogens is 3. The second-order valence-corrected chi connectivity index (χ2v) is 26.3. The van der Waals surface area contributed by atoms with Crippen molar-refractivity contribution in [3.05, 3.63) is 346 Å². The van der Waals surface area contributed by atoms with E-state index in [1.165, 1.54) is 98.1 Å². The molecule has 0 atom stereocenters. The highest BCUT2D eigenvalue weighted by atomic mass is 15.1. The number of nitrogens with zero attached hydrogens (tertiary/aromatic N) is 6. The molecule has 19 aromatic rings. The van der Waals surface area contributed by atoms with E-state index in [4.69, 9.17) is 0 Å². The maximum atomic E-state index is 2.50. The van der Waals surface area contributed by atoms with Crippen LogP contribution in [0.25, 0.3) is 148 Å². The lowest BCUT2D eigenvalue weighted by atomic mass is 9.93. The molecule has 6 heteroatoms. The Balaban J connectivity index is 0.789. The predicted octanol–water partition coefficient (Wildman–Crippen LogP) is 24.7. The van der Waals surface area contributed by atoms with Crippen LogP contribution in [0.3, 0.4) is 0 Å². The van der Waals surface area contributed by atoms with Crippen LogP contribution in [0.2, 0.25) is 0 Å². The lowest BCUT2D eigenvalue weighted by Crippen LogP contribution is -2.10. The SMILES string of the molecule is CN(c1ccccc1)c1ccc2c(c1)c1ccccc1n2-c1cccc2c(-c3cc(N(C)c4ccc(-c5ccccc5)cc4)cc4c3c3ccccc3n4-c3ccc4cc(-c5cc(N(C)c6ccccc6)cc6c5c5ccccc5n6-c5ccc6ccccc6c5)ccc4c3)cccc12. The first-order valence-corrected chi connectivity index (χ1v) is 34.1. The van der Waals surface area contributed by atoms with Crippen molar-refractivity contribution in [1.82, 2.24) is 13.7 Å². The minimum atomic E-state index is 1.08. The summed E-state index contributed by atoms with van der Waals surface area (Å²) in [7, 11) is 6.54. The minimum Gasteiger partial charge on any atom is -0.345 e. The average molecular weight is 1270 g/mol. The standard InChI is InChI=1S/C93H66N6/c1-94(68-27-9-5-10-28-68)71-51-52-89-83(56-71)79-31-15-18-37-85(79)99(89)86-40-22-35-76-77(34-21-36-78(76)86)84-58-75(96(3)70-47-43-63(44-48-70)61-23-7-4-8-24-61)60-91-93(84)81-33-17-20-39-88(81)98(91)73-50-46-65-53-67(42-41-66(65)55-73)82-57-74(95(2)69-29-11-6-12-30-69)59-90-92(82)80-32-16-19-38-87(80)97(90)72-49-45-62-25-13-14-26-64(62)54-72/h4-60H,1-3H3. The number of hydrogen-bond donors (Lipinski definition) is 0. The molecule has 99 heavy (non-hydrogen) atoms. The van der Waals surface area contributed by atoms with Gasteiger partial charge in [-0.15, -0.1) is 0 Å². The molecule has 0 amide bonds. The third-order valence-electron chi connectivity index (χ3n) is 20.8. The molecule has 0 fully saturated rings. The fourth-order valence-electron chi connectivity index (χ4n) is 15.8. The second-order valence-electron chi connectivity index (χ2n) is 26.3. The topological polar surface area (TPSA) is 24.5 Å². The zero-order valence-corrected chi connectivity index (χ0v) is 55.1. The highest BCUT2D eigenvalue weighted by Gasteiger charge is 2.25. The number of para-hydroxylation sites is 5. The predicted molar refractivity (Wildman–Crippen MR) is 422 cm³/mol. The summed E-state index contributed by atoms with van der Waals surface area (Å²) in [5.41, 5.74) is 24.1. The highest BCUT2D eigenvalue weighted by Crippen LogP contribution is 2.48. The lowest BCUT2D eigenvalue weighted by Gasteiger charge is -2.23. The minimum absolute atomic E-state index is 1.08. The molecule has 0 unspecified atom stereocenters. The number of hydrogen-bond acceptors (Lipinski definition) is 3. The van der Waals surface area contributed by atoms with E-state index in [1.807, 2.05) is 0 Å². The first kappa shape index (κ1) is 57.5. The van der Waals surface area contributed by atoms with Crippen LogP contribution in [0, 0.1) is 0 Å². The molecule has 0 aliphatic carbocycles. The fraction of sp³-hybridized carbons (Fsp3) is 0.0323. The molecular weight excluding hydrogens is 1200 g/mol. The maximum absolute atomic E-state index is 2.50. The van der Waals surface area contributed by atoms with E-state index in [2.05, 4.69) is 395 Å². The molecule has 0 spiro atoms. The summed E-state index contributed by atoms with van der Waals surface area (Å²) < 4.78 is 7.44. The van der Waals surface area contributed by atoms with E-state index >= 15 is 0 Å². The summed E-state index contributed by atoms with van der Waals surface area (Å²) in [6.45, 7) is 0. The molecule has 0 saturated carbocycles. The largest absolute Gasteiger partial charge is 0.345 e. The van der Waals surface area contributed by atoms with Gasteiger partial charge in [0.2, 0.25) is 0 Å². The molecule has 3 heterocycles. The van der Waals surface area contributed by atoms with Gasteiger partial charge in [0.1, 0.15) is 0 Å².